The van der Waals surface area contributed by atoms with Crippen molar-refractivity contribution < 1.29 is 18.7 Å². The van der Waals surface area contributed by atoms with Gasteiger partial charge in [0.2, 0.25) is 11.8 Å². The first kappa shape index (κ1) is 16.9. The molecule has 2 aliphatic rings. The Kier molecular flexibility index (Phi) is 4.85. The van der Waals surface area contributed by atoms with Crippen LogP contribution in [0.2, 0.25) is 0 Å². The number of carbonyl (C=O) groups is 2. The summed E-state index contributed by atoms with van der Waals surface area (Å²) >= 11 is 0. The second-order valence-corrected chi connectivity index (χ2v) is 6.74. The summed E-state index contributed by atoms with van der Waals surface area (Å²) in [7, 11) is 0. The van der Waals surface area contributed by atoms with Crippen LogP contribution in [-0.4, -0.2) is 31.6 Å². The predicted octanol–water partition coefficient (Wildman–Crippen LogP) is 2.57. The van der Waals surface area contributed by atoms with Gasteiger partial charge < -0.3 is 15.4 Å². The lowest BCUT2D eigenvalue weighted by molar-refractivity contribution is -0.127. The molecule has 5 nitrogen and oxygen atoms in total. The zero-order chi connectivity index (χ0) is 17.2. The van der Waals surface area contributed by atoms with Gasteiger partial charge in [-0.05, 0) is 43.5 Å². The third-order valence-electron chi connectivity index (χ3n) is 5.03. The highest BCUT2D eigenvalue weighted by Crippen LogP contribution is 2.41. The molecule has 1 aliphatic carbocycles. The van der Waals surface area contributed by atoms with Crippen molar-refractivity contribution in [3.8, 4) is 0 Å². The Morgan fingerprint density at radius 2 is 2.25 bits per heavy atom. The monoisotopic (exact) mass is 334 g/mol. The summed E-state index contributed by atoms with van der Waals surface area (Å²) in [6, 6.07) is 4.12. The van der Waals surface area contributed by atoms with Crippen LogP contribution in [0.15, 0.2) is 18.2 Å². The van der Waals surface area contributed by atoms with Crippen LogP contribution in [-0.2, 0) is 14.3 Å². The molecule has 3 rings (SSSR count). The van der Waals surface area contributed by atoms with Gasteiger partial charge in [-0.2, -0.15) is 0 Å². The number of benzene rings is 1. The fourth-order valence-corrected chi connectivity index (χ4v) is 3.43. The number of carbonyl (C=O) groups excluding carboxylic acids is 2. The van der Waals surface area contributed by atoms with Crippen LogP contribution in [0.5, 0.6) is 0 Å². The number of anilines is 1. The van der Waals surface area contributed by atoms with Gasteiger partial charge >= 0.3 is 0 Å². The maximum atomic E-state index is 13.5. The van der Waals surface area contributed by atoms with Gasteiger partial charge in [0.1, 0.15) is 5.82 Å². The number of nitrogens with one attached hydrogen (secondary N) is 2. The smallest absolute Gasteiger partial charge is 0.228 e. The summed E-state index contributed by atoms with van der Waals surface area (Å²) in [6.07, 6.45) is 3.25. The Balaban J connectivity index is 1.69. The van der Waals surface area contributed by atoms with E-state index in [0.717, 1.165) is 19.3 Å². The van der Waals surface area contributed by atoms with Crippen LogP contribution < -0.4 is 10.6 Å². The molecule has 2 N–H and O–H groups in total. The molecule has 2 amide bonds. The Morgan fingerprint density at radius 1 is 1.46 bits per heavy atom. The Hall–Kier alpha value is -1.95. The molecule has 0 spiro atoms. The largest absolute Gasteiger partial charge is 0.381 e. The number of amides is 2. The SMILES string of the molecule is CCOCC1(CNC(=O)[C@@H]2CC(=O)Nc3ccc(F)cc32)CCC1. The molecule has 1 atom stereocenters. The average molecular weight is 334 g/mol. The van der Waals surface area contributed by atoms with E-state index < -0.39 is 11.7 Å². The number of hydrogen-bond donors (Lipinski definition) is 2. The average Bonchev–Trinajstić information content (AvgIpc) is 2.53. The van der Waals surface area contributed by atoms with Gasteiger partial charge in [-0.1, -0.05) is 6.42 Å². The van der Waals surface area contributed by atoms with Crippen molar-refractivity contribution in [2.24, 2.45) is 5.41 Å². The van der Waals surface area contributed by atoms with E-state index in [1.807, 2.05) is 6.92 Å². The molecule has 0 aromatic heterocycles. The van der Waals surface area contributed by atoms with Crippen molar-refractivity contribution in [3.05, 3.63) is 29.6 Å². The molecule has 1 aliphatic heterocycles. The standard InChI is InChI=1S/C18H23FN2O3/c1-2-24-11-18(6-3-7-18)10-20-17(23)14-9-16(22)21-15-5-4-12(19)8-13(14)15/h4-5,8,14H,2-3,6-7,9-11H2,1H3,(H,20,23)(H,21,22)/t14-/m1/s1. The molecule has 0 unspecified atom stereocenters. The highest BCUT2D eigenvalue weighted by Gasteiger charge is 2.39. The molecule has 130 valence electrons. The van der Waals surface area contributed by atoms with Crippen molar-refractivity contribution in [1.29, 1.82) is 0 Å². The molecule has 6 heteroatoms. The zero-order valence-corrected chi connectivity index (χ0v) is 13.9. The topological polar surface area (TPSA) is 67.4 Å². The minimum absolute atomic E-state index is 0.00731. The molecule has 1 fully saturated rings. The molecule has 1 saturated carbocycles. The molecule has 0 saturated heterocycles. The lowest BCUT2D eigenvalue weighted by Crippen LogP contribution is -2.47. The number of rotatable bonds is 6. The van der Waals surface area contributed by atoms with Crippen LogP contribution in [0.1, 0.15) is 44.1 Å². The van der Waals surface area contributed by atoms with E-state index in [1.165, 1.54) is 18.2 Å². The minimum atomic E-state index is -0.645. The molecule has 1 aromatic carbocycles. The van der Waals surface area contributed by atoms with Crippen LogP contribution in [0.3, 0.4) is 0 Å². The Bertz CT molecular complexity index is 643. The van der Waals surface area contributed by atoms with E-state index in [4.69, 9.17) is 4.74 Å². The van der Waals surface area contributed by atoms with Crippen molar-refractivity contribution in [2.45, 2.75) is 38.5 Å². The highest BCUT2D eigenvalue weighted by atomic mass is 19.1. The van der Waals surface area contributed by atoms with Crippen LogP contribution >= 0.6 is 0 Å². The van der Waals surface area contributed by atoms with E-state index in [0.29, 0.717) is 31.0 Å². The molecular formula is C18H23FN2O3. The quantitative estimate of drug-likeness (QED) is 0.840. The van der Waals surface area contributed by atoms with Gasteiger partial charge in [0, 0.05) is 30.7 Å². The summed E-state index contributed by atoms with van der Waals surface area (Å²) in [5.41, 5.74) is 1.06. The van der Waals surface area contributed by atoms with Gasteiger partial charge in [0.05, 0.1) is 12.5 Å². The predicted molar refractivity (Wildman–Crippen MR) is 88.2 cm³/mol. The molecule has 0 radical (unpaired) electrons. The number of ether oxygens (including phenoxy) is 1. The fraction of sp³-hybridized carbons (Fsp3) is 0.556. The number of fused-ring (bicyclic) bond motifs is 1. The Morgan fingerprint density at radius 3 is 2.92 bits per heavy atom. The first-order valence-electron chi connectivity index (χ1n) is 8.48. The normalized spacial score (nSPS) is 21.4. The summed E-state index contributed by atoms with van der Waals surface area (Å²) < 4.78 is 19.1. The van der Waals surface area contributed by atoms with Gasteiger partial charge in [-0.15, -0.1) is 0 Å². The highest BCUT2D eigenvalue weighted by molar-refractivity contribution is 6.01. The van der Waals surface area contributed by atoms with E-state index in [1.54, 1.807) is 0 Å². The van der Waals surface area contributed by atoms with E-state index >= 15 is 0 Å². The van der Waals surface area contributed by atoms with Crippen molar-refractivity contribution in [1.82, 2.24) is 5.32 Å². The van der Waals surface area contributed by atoms with Gasteiger partial charge in [0.25, 0.3) is 0 Å². The maximum absolute atomic E-state index is 13.5. The van der Waals surface area contributed by atoms with Gasteiger partial charge in [-0.25, -0.2) is 4.39 Å². The fourth-order valence-electron chi connectivity index (χ4n) is 3.43. The molecule has 1 aromatic rings. The zero-order valence-electron chi connectivity index (χ0n) is 13.9. The summed E-state index contributed by atoms with van der Waals surface area (Å²) in [5.74, 6) is -1.50. The second-order valence-electron chi connectivity index (χ2n) is 6.74. The second kappa shape index (κ2) is 6.89. The summed E-state index contributed by atoms with van der Waals surface area (Å²) in [4.78, 5) is 24.5. The summed E-state index contributed by atoms with van der Waals surface area (Å²) in [6.45, 7) is 3.79. The molecule has 1 heterocycles. The molecular weight excluding hydrogens is 311 g/mol. The third kappa shape index (κ3) is 3.43. The van der Waals surface area contributed by atoms with Crippen molar-refractivity contribution >= 4 is 17.5 Å². The number of hydrogen-bond acceptors (Lipinski definition) is 3. The lowest BCUT2D eigenvalue weighted by Gasteiger charge is -2.42. The first-order valence-corrected chi connectivity index (χ1v) is 8.48. The lowest BCUT2D eigenvalue weighted by atomic mass is 9.69. The first-order chi connectivity index (χ1) is 11.5. The third-order valence-corrected chi connectivity index (χ3v) is 5.03. The van der Waals surface area contributed by atoms with Gasteiger partial charge in [-0.3, -0.25) is 9.59 Å². The van der Waals surface area contributed by atoms with Crippen molar-refractivity contribution in [2.75, 3.05) is 25.1 Å². The molecule has 24 heavy (non-hydrogen) atoms. The number of halogens is 1. The van der Waals surface area contributed by atoms with E-state index in [9.17, 15) is 14.0 Å². The maximum Gasteiger partial charge on any atom is 0.228 e. The molecule has 0 bridgehead atoms. The van der Waals surface area contributed by atoms with E-state index in [-0.39, 0.29) is 23.7 Å². The Labute approximate surface area is 141 Å². The summed E-state index contributed by atoms with van der Waals surface area (Å²) in [5, 5.41) is 5.65. The van der Waals surface area contributed by atoms with Crippen molar-refractivity contribution in [3.63, 3.8) is 0 Å². The van der Waals surface area contributed by atoms with Crippen LogP contribution in [0, 0.1) is 11.2 Å². The van der Waals surface area contributed by atoms with E-state index in [2.05, 4.69) is 10.6 Å². The van der Waals surface area contributed by atoms with Gasteiger partial charge in [0.15, 0.2) is 0 Å². The van der Waals surface area contributed by atoms with Crippen LogP contribution in [0.4, 0.5) is 10.1 Å². The minimum Gasteiger partial charge on any atom is -0.381 e. The van der Waals surface area contributed by atoms with Crippen LogP contribution in [0.25, 0.3) is 0 Å².